The molecule has 0 spiro atoms. The second-order valence-electron chi connectivity index (χ2n) is 3.00. The zero-order valence-electron chi connectivity index (χ0n) is 6.98. The minimum Gasteiger partial charge on any atom is -0.390 e. The molecule has 0 heterocycles. The lowest BCUT2D eigenvalue weighted by atomic mass is 10.0. The maximum Gasteiger partial charge on any atom is 0.166 e. The molecule has 6 nitrogen and oxygen atoms in total. The van der Waals surface area contributed by atoms with Gasteiger partial charge in [0.05, 0.1) is 6.10 Å². The van der Waals surface area contributed by atoms with Gasteiger partial charge in [-0.3, -0.25) is 11.5 Å². The van der Waals surface area contributed by atoms with E-state index in [1.807, 2.05) is 0 Å². The van der Waals surface area contributed by atoms with Gasteiger partial charge in [0, 0.05) is 19.0 Å². The highest BCUT2D eigenvalue weighted by atomic mass is 16.3. The number of aliphatic hydroxyl groups is 2. The first kappa shape index (κ1) is 11.8. The summed E-state index contributed by atoms with van der Waals surface area (Å²) in [4.78, 5) is 0. The summed E-state index contributed by atoms with van der Waals surface area (Å²) in [7, 11) is 0. The molecular formula is C6H18N4O2. The predicted molar refractivity (Wildman–Crippen MR) is 45.6 cm³/mol. The Bertz CT molecular complexity index is 125. The number of hydrogen-bond donors (Lipinski definition) is 6. The summed E-state index contributed by atoms with van der Waals surface area (Å²) >= 11 is 0. The van der Waals surface area contributed by atoms with Crippen LogP contribution in [-0.4, -0.2) is 34.8 Å². The van der Waals surface area contributed by atoms with E-state index in [9.17, 15) is 0 Å². The molecule has 0 aliphatic carbocycles. The SMILES string of the molecule is NCC(O)C(N)CCC(N)(N)O. The van der Waals surface area contributed by atoms with Gasteiger partial charge in [-0.15, -0.1) is 0 Å². The first-order valence-corrected chi connectivity index (χ1v) is 3.80. The van der Waals surface area contributed by atoms with Gasteiger partial charge in [-0.25, -0.2) is 0 Å². The number of rotatable bonds is 5. The quantitative estimate of drug-likeness (QED) is 0.247. The second kappa shape index (κ2) is 4.70. The van der Waals surface area contributed by atoms with Gasteiger partial charge in [-0.1, -0.05) is 0 Å². The fraction of sp³-hybridized carbons (Fsp3) is 1.00. The van der Waals surface area contributed by atoms with Crippen LogP contribution in [0.2, 0.25) is 0 Å². The monoisotopic (exact) mass is 178 g/mol. The van der Waals surface area contributed by atoms with Crippen molar-refractivity contribution in [1.29, 1.82) is 0 Å². The topological polar surface area (TPSA) is 145 Å². The van der Waals surface area contributed by atoms with E-state index in [4.69, 9.17) is 33.1 Å². The molecule has 0 amide bonds. The van der Waals surface area contributed by atoms with Gasteiger partial charge in [0.2, 0.25) is 0 Å². The van der Waals surface area contributed by atoms with E-state index >= 15 is 0 Å². The third-order valence-corrected chi connectivity index (χ3v) is 1.61. The van der Waals surface area contributed by atoms with Crippen LogP contribution in [0.25, 0.3) is 0 Å². The highest BCUT2D eigenvalue weighted by Crippen LogP contribution is 2.03. The van der Waals surface area contributed by atoms with E-state index in [-0.39, 0.29) is 13.0 Å². The molecule has 0 radical (unpaired) electrons. The van der Waals surface area contributed by atoms with E-state index in [2.05, 4.69) is 0 Å². The molecule has 6 heteroatoms. The first-order chi connectivity index (χ1) is 5.37. The highest BCUT2D eigenvalue weighted by Gasteiger charge is 2.19. The van der Waals surface area contributed by atoms with Crippen LogP contribution in [0.15, 0.2) is 0 Å². The summed E-state index contributed by atoms with van der Waals surface area (Å²) in [5.74, 6) is -1.72. The van der Waals surface area contributed by atoms with Crippen LogP contribution in [0.3, 0.4) is 0 Å². The lowest BCUT2D eigenvalue weighted by molar-refractivity contribution is 0.0348. The van der Waals surface area contributed by atoms with Crippen molar-refractivity contribution < 1.29 is 10.2 Å². The molecule has 0 aromatic rings. The van der Waals surface area contributed by atoms with E-state index in [1.54, 1.807) is 0 Å². The van der Waals surface area contributed by atoms with Crippen LogP contribution >= 0.6 is 0 Å². The highest BCUT2D eigenvalue weighted by molar-refractivity contribution is 4.75. The van der Waals surface area contributed by atoms with Crippen molar-refractivity contribution >= 4 is 0 Å². The minimum atomic E-state index is -1.72. The molecule has 0 saturated heterocycles. The third-order valence-electron chi connectivity index (χ3n) is 1.61. The molecule has 0 bridgehead atoms. The standard InChI is InChI=1S/C6H18N4O2/c7-3-5(11)4(8)1-2-6(9,10)12/h4-5,11-12H,1-3,7-10H2. The Morgan fingerprint density at radius 2 is 1.83 bits per heavy atom. The number of aliphatic hydroxyl groups excluding tert-OH is 1. The largest absolute Gasteiger partial charge is 0.390 e. The number of nitrogens with two attached hydrogens (primary N) is 4. The van der Waals surface area contributed by atoms with Crippen molar-refractivity contribution in [2.45, 2.75) is 30.8 Å². The van der Waals surface area contributed by atoms with Crippen molar-refractivity contribution in [3.8, 4) is 0 Å². The lowest BCUT2D eigenvalue weighted by Crippen LogP contribution is -2.51. The van der Waals surface area contributed by atoms with Crippen LogP contribution in [-0.2, 0) is 0 Å². The Balaban J connectivity index is 3.64. The zero-order valence-corrected chi connectivity index (χ0v) is 6.98. The van der Waals surface area contributed by atoms with Crippen molar-refractivity contribution in [2.24, 2.45) is 22.9 Å². The Morgan fingerprint density at radius 1 is 1.33 bits per heavy atom. The fourth-order valence-electron chi connectivity index (χ4n) is 0.765. The van der Waals surface area contributed by atoms with Crippen molar-refractivity contribution in [2.75, 3.05) is 6.54 Å². The summed E-state index contributed by atoms with van der Waals surface area (Å²) in [5, 5.41) is 18.0. The van der Waals surface area contributed by atoms with Crippen LogP contribution in [0, 0.1) is 0 Å². The molecule has 10 N–H and O–H groups in total. The molecule has 2 unspecified atom stereocenters. The molecular weight excluding hydrogens is 160 g/mol. The molecule has 74 valence electrons. The van der Waals surface area contributed by atoms with E-state index < -0.39 is 18.0 Å². The van der Waals surface area contributed by atoms with Gasteiger partial charge in [0.15, 0.2) is 5.85 Å². The summed E-state index contributed by atoms with van der Waals surface area (Å²) in [5.41, 5.74) is 20.8. The molecule has 0 rings (SSSR count). The van der Waals surface area contributed by atoms with Crippen LogP contribution in [0.5, 0.6) is 0 Å². The van der Waals surface area contributed by atoms with Gasteiger partial charge in [0.25, 0.3) is 0 Å². The van der Waals surface area contributed by atoms with Crippen LogP contribution in [0.1, 0.15) is 12.8 Å². The minimum absolute atomic E-state index is 0.0920. The van der Waals surface area contributed by atoms with Gasteiger partial charge in [0.1, 0.15) is 0 Å². The Morgan fingerprint density at radius 3 is 2.17 bits per heavy atom. The molecule has 2 atom stereocenters. The van der Waals surface area contributed by atoms with Gasteiger partial charge >= 0.3 is 0 Å². The summed E-state index contributed by atoms with van der Waals surface area (Å²) in [6.45, 7) is 0.0920. The molecule has 0 aliphatic heterocycles. The first-order valence-electron chi connectivity index (χ1n) is 3.80. The van der Waals surface area contributed by atoms with Gasteiger partial charge in [-0.05, 0) is 6.42 Å². The van der Waals surface area contributed by atoms with Crippen molar-refractivity contribution in [3.05, 3.63) is 0 Å². The number of hydrogen-bond acceptors (Lipinski definition) is 6. The Kier molecular flexibility index (Phi) is 4.61. The van der Waals surface area contributed by atoms with E-state index in [0.717, 1.165) is 0 Å². The predicted octanol–water partition coefficient (Wildman–Crippen LogP) is -3.02. The molecule has 0 saturated carbocycles. The third kappa shape index (κ3) is 5.42. The summed E-state index contributed by atoms with van der Waals surface area (Å²) in [6.07, 6.45) is -0.306. The normalized spacial score (nSPS) is 17.5. The molecule has 0 aromatic heterocycles. The average Bonchev–Trinajstić information content (AvgIpc) is 1.97. The van der Waals surface area contributed by atoms with Gasteiger partial charge in [-0.2, -0.15) is 0 Å². The molecule has 12 heavy (non-hydrogen) atoms. The van der Waals surface area contributed by atoms with Crippen molar-refractivity contribution in [3.63, 3.8) is 0 Å². The zero-order chi connectivity index (χ0) is 9.78. The van der Waals surface area contributed by atoms with Crippen LogP contribution in [0.4, 0.5) is 0 Å². The lowest BCUT2D eigenvalue weighted by Gasteiger charge is -2.21. The average molecular weight is 178 g/mol. The fourth-order valence-corrected chi connectivity index (χ4v) is 0.765. The Labute approximate surface area is 71.5 Å². The van der Waals surface area contributed by atoms with E-state index in [1.165, 1.54) is 0 Å². The summed E-state index contributed by atoms with van der Waals surface area (Å²) < 4.78 is 0. The second-order valence-corrected chi connectivity index (χ2v) is 3.00. The Hall–Kier alpha value is -0.240. The molecule has 0 aliphatic rings. The molecule has 0 fully saturated rings. The van der Waals surface area contributed by atoms with Crippen LogP contribution < -0.4 is 22.9 Å². The van der Waals surface area contributed by atoms with Crippen molar-refractivity contribution in [1.82, 2.24) is 0 Å². The summed E-state index contributed by atoms with van der Waals surface area (Å²) in [6, 6.07) is -0.492. The van der Waals surface area contributed by atoms with Gasteiger partial charge < -0.3 is 21.7 Å². The maximum absolute atomic E-state index is 9.11. The maximum atomic E-state index is 9.11. The van der Waals surface area contributed by atoms with E-state index in [0.29, 0.717) is 6.42 Å². The smallest absolute Gasteiger partial charge is 0.166 e. The molecule has 0 aromatic carbocycles.